The first kappa shape index (κ1) is 13.9. The molecule has 0 saturated carbocycles. The SMILES string of the molecule is O=C(Nc1ccc(F)c(F)c1)Nc1ccc(F)c(F)c1. The van der Waals surface area contributed by atoms with Gasteiger partial charge in [0.05, 0.1) is 0 Å². The van der Waals surface area contributed by atoms with Crippen molar-refractivity contribution in [3.8, 4) is 0 Å². The number of amides is 2. The number of hydrogen-bond donors (Lipinski definition) is 2. The second-order valence-corrected chi connectivity index (χ2v) is 3.84. The lowest BCUT2D eigenvalue weighted by atomic mass is 10.3. The van der Waals surface area contributed by atoms with E-state index in [1.54, 1.807) is 0 Å². The van der Waals surface area contributed by atoms with E-state index in [4.69, 9.17) is 0 Å². The third-order valence-electron chi connectivity index (χ3n) is 2.35. The zero-order valence-corrected chi connectivity index (χ0v) is 9.88. The predicted molar refractivity (Wildman–Crippen MR) is 65.4 cm³/mol. The molecule has 0 unspecified atom stereocenters. The van der Waals surface area contributed by atoms with Crippen molar-refractivity contribution in [2.24, 2.45) is 0 Å². The molecule has 0 radical (unpaired) electrons. The first-order valence-corrected chi connectivity index (χ1v) is 5.44. The monoisotopic (exact) mass is 284 g/mol. The summed E-state index contributed by atoms with van der Waals surface area (Å²) in [6.07, 6.45) is 0. The van der Waals surface area contributed by atoms with Gasteiger partial charge in [-0.1, -0.05) is 0 Å². The summed E-state index contributed by atoms with van der Waals surface area (Å²) in [5, 5.41) is 4.44. The van der Waals surface area contributed by atoms with Crippen LogP contribution in [0, 0.1) is 23.3 Å². The smallest absolute Gasteiger partial charge is 0.308 e. The largest absolute Gasteiger partial charge is 0.323 e. The number of anilines is 2. The Labute approximate surface area is 111 Å². The minimum Gasteiger partial charge on any atom is -0.308 e. The van der Waals surface area contributed by atoms with Gasteiger partial charge in [-0.15, -0.1) is 0 Å². The summed E-state index contributed by atoms with van der Waals surface area (Å²) in [5.41, 5.74) is 0.0352. The summed E-state index contributed by atoms with van der Waals surface area (Å²) in [6.45, 7) is 0. The Kier molecular flexibility index (Phi) is 3.88. The zero-order valence-electron chi connectivity index (χ0n) is 9.88. The van der Waals surface area contributed by atoms with E-state index >= 15 is 0 Å². The van der Waals surface area contributed by atoms with Crippen molar-refractivity contribution in [3.63, 3.8) is 0 Å². The maximum Gasteiger partial charge on any atom is 0.323 e. The molecule has 3 nitrogen and oxygen atoms in total. The van der Waals surface area contributed by atoms with Gasteiger partial charge in [-0.25, -0.2) is 22.4 Å². The molecule has 2 aromatic carbocycles. The maximum absolute atomic E-state index is 12.9. The van der Waals surface area contributed by atoms with Crippen LogP contribution >= 0.6 is 0 Å². The molecule has 7 heteroatoms. The van der Waals surface area contributed by atoms with E-state index in [2.05, 4.69) is 10.6 Å². The maximum atomic E-state index is 12.9. The number of carbonyl (C=O) groups is 1. The van der Waals surface area contributed by atoms with Gasteiger partial charge >= 0.3 is 6.03 Å². The molecule has 0 atom stereocenters. The molecule has 0 saturated heterocycles. The molecule has 20 heavy (non-hydrogen) atoms. The Morgan fingerprint density at radius 1 is 0.700 bits per heavy atom. The van der Waals surface area contributed by atoms with Crippen molar-refractivity contribution in [1.29, 1.82) is 0 Å². The summed E-state index contributed by atoms with van der Waals surface area (Å²) < 4.78 is 51.2. The molecule has 0 heterocycles. The average molecular weight is 284 g/mol. The molecule has 2 N–H and O–H groups in total. The van der Waals surface area contributed by atoms with Crippen LogP contribution in [0.25, 0.3) is 0 Å². The Morgan fingerprint density at radius 3 is 1.45 bits per heavy atom. The van der Waals surface area contributed by atoms with Gasteiger partial charge in [0, 0.05) is 23.5 Å². The van der Waals surface area contributed by atoms with Crippen molar-refractivity contribution >= 4 is 17.4 Å². The molecule has 0 aliphatic carbocycles. The first-order valence-electron chi connectivity index (χ1n) is 5.44. The summed E-state index contributed by atoms with van der Waals surface area (Å²) >= 11 is 0. The van der Waals surface area contributed by atoms with Crippen LogP contribution in [0.5, 0.6) is 0 Å². The highest BCUT2D eigenvalue weighted by atomic mass is 19.2. The lowest BCUT2D eigenvalue weighted by molar-refractivity contribution is 0.262. The molecule has 0 spiro atoms. The van der Waals surface area contributed by atoms with E-state index in [-0.39, 0.29) is 11.4 Å². The molecule has 2 rings (SSSR count). The van der Waals surface area contributed by atoms with Gasteiger partial charge in [0.15, 0.2) is 23.3 Å². The molecule has 0 aliphatic rings. The van der Waals surface area contributed by atoms with Crippen molar-refractivity contribution in [2.75, 3.05) is 10.6 Å². The zero-order chi connectivity index (χ0) is 14.7. The number of rotatable bonds is 2. The molecule has 2 amide bonds. The van der Waals surface area contributed by atoms with Gasteiger partial charge in [-0.2, -0.15) is 0 Å². The van der Waals surface area contributed by atoms with Crippen LogP contribution in [0.15, 0.2) is 36.4 Å². The molecule has 0 aliphatic heterocycles. The van der Waals surface area contributed by atoms with Crippen molar-refractivity contribution in [3.05, 3.63) is 59.7 Å². The first-order chi connectivity index (χ1) is 9.45. The van der Waals surface area contributed by atoms with Gasteiger partial charge in [0.2, 0.25) is 0 Å². The Balaban J connectivity index is 2.04. The van der Waals surface area contributed by atoms with Crippen LogP contribution in [0.1, 0.15) is 0 Å². The second kappa shape index (κ2) is 5.60. The molecule has 0 aromatic heterocycles. The molecule has 0 fully saturated rings. The van der Waals surface area contributed by atoms with E-state index in [9.17, 15) is 22.4 Å². The molecule has 2 aromatic rings. The van der Waals surface area contributed by atoms with Gasteiger partial charge in [-0.3, -0.25) is 0 Å². The standard InChI is InChI=1S/C13H8F4N2O/c14-9-3-1-7(5-11(9)16)18-13(20)19-8-2-4-10(15)12(17)6-8/h1-6H,(H2,18,19,20). The van der Waals surface area contributed by atoms with Gasteiger partial charge in [-0.05, 0) is 24.3 Å². The lowest BCUT2D eigenvalue weighted by Gasteiger charge is -2.08. The number of hydrogen-bond acceptors (Lipinski definition) is 1. The van der Waals surface area contributed by atoms with Crippen LogP contribution in [0.4, 0.5) is 33.7 Å². The lowest BCUT2D eigenvalue weighted by Crippen LogP contribution is -2.19. The minimum absolute atomic E-state index is 0.0176. The van der Waals surface area contributed by atoms with Crippen LogP contribution < -0.4 is 10.6 Å². The fourth-order valence-electron chi connectivity index (χ4n) is 1.44. The number of carbonyl (C=O) groups excluding carboxylic acids is 1. The average Bonchev–Trinajstić information content (AvgIpc) is 2.38. The Bertz CT molecular complexity index is 605. The highest BCUT2D eigenvalue weighted by Crippen LogP contribution is 2.15. The molecule has 104 valence electrons. The Morgan fingerprint density at radius 2 is 1.10 bits per heavy atom. The van der Waals surface area contributed by atoms with Crippen LogP contribution in [-0.4, -0.2) is 6.03 Å². The minimum atomic E-state index is -1.12. The topological polar surface area (TPSA) is 41.1 Å². The summed E-state index contributed by atoms with van der Waals surface area (Å²) in [7, 11) is 0. The number of urea groups is 1. The number of benzene rings is 2. The summed E-state index contributed by atoms with van der Waals surface area (Å²) in [5.74, 6) is -4.32. The van der Waals surface area contributed by atoms with Crippen LogP contribution in [0.2, 0.25) is 0 Å². The highest BCUT2D eigenvalue weighted by Gasteiger charge is 2.08. The molecular weight excluding hydrogens is 276 g/mol. The van der Waals surface area contributed by atoms with Crippen molar-refractivity contribution in [1.82, 2.24) is 0 Å². The van der Waals surface area contributed by atoms with E-state index < -0.39 is 29.3 Å². The number of halogens is 4. The molecular formula is C13H8F4N2O. The van der Waals surface area contributed by atoms with Crippen LogP contribution in [0.3, 0.4) is 0 Å². The van der Waals surface area contributed by atoms with Gasteiger partial charge in [0.25, 0.3) is 0 Å². The van der Waals surface area contributed by atoms with E-state index in [0.717, 1.165) is 36.4 Å². The van der Waals surface area contributed by atoms with E-state index in [1.807, 2.05) is 0 Å². The Hall–Kier alpha value is -2.57. The summed E-state index contributed by atoms with van der Waals surface area (Å²) in [6, 6.07) is 4.79. The third kappa shape index (κ3) is 3.25. The second-order valence-electron chi connectivity index (χ2n) is 3.84. The van der Waals surface area contributed by atoms with Gasteiger partial charge in [0.1, 0.15) is 0 Å². The number of nitrogens with one attached hydrogen (secondary N) is 2. The third-order valence-corrected chi connectivity index (χ3v) is 2.35. The quantitative estimate of drug-likeness (QED) is 0.807. The normalized spacial score (nSPS) is 10.2. The van der Waals surface area contributed by atoms with Crippen LogP contribution in [-0.2, 0) is 0 Å². The highest BCUT2D eigenvalue weighted by molar-refractivity contribution is 5.99. The van der Waals surface area contributed by atoms with Crippen molar-refractivity contribution in [2.45, 2.75) is 0 Å². The fourth-order valence-corrected chi connectivity index (χ4v) is 1.44. The summed E-state index contributed by atoms with van der Waals surface area (Å²) in [4.78, 5) is 11.5. The van der Waals surface area contributed by atoms with Crippen molar-refractivity contribution < 1.29 is 22.4 Å². The fraction of sp³-hybridized carbons (Fsp3) is 0. The van der Waals surface area contributed by atoms with E-state index in [0.29, 0.717) is 0 Å². The predicted octanol–water partition coefficient (Wildman–Crippen LogP) is 3.89. The van der Waals surface area contributed by atoms with E-state index in [1.165, 1.54) is 0 Å². The molecule has 0 bridgehead atoms. The van der Waals surface area contributed by atoms with Gasteiger partial charge < -0.3 is 10.6 Å².